The van der Waals surface area contributed by atoms with Crippen molar-refractivity contribution in [3.05, 3.63) is 0 Å². The van der Waals surface area contributed by atoms with Crippen LogP contribution in [0.5, 0.6) is 0 Å². The SMILES string of the molecule is CCCC(C)N1CC[C@@H](N)C1. The fourth-order valence-electron chi connectivity index (χ4n) is 1.82. The molecule has 1 unspecified atom stereocenters. The van der Waals surface area contributed by atoms with E-state index in [1.165, 1.54) is 25.8 Å². The van der Waals surface area contributed by atoms with E-state index >= 15 is 0 Å². The molecule has 66 valence electrons. The Morgan fingerprint density at radius 2 is 2.36 bits per heavy atom. The Hall–Kier alpha value is -0.0800. The minimum Gasteiger partial charge on any atom is -0.326 e. The molecule has 0 radical (unpaired) electrons. The predicted octanol–water partition coefficient (Wildman–Crippen LogP) is 1.21. The number of nitrogens with zero attached hydrogens (tertiary/aromatic N) is 1. The van der Waals surface area contributed by atoms with Crippen LogP contribution in [0.3, 0.4) is 0 Å². The fraction of sp³-hybridized carbons (Fsp3) is 1.00. The van der Waals surface area contributed by atoms with Crippen molar-refractivity contribution in [1.29, 1.82) is 0 Å². The second kappa shape index (κ2) is 4.07. The van der Waals surface area contributed by atoms with Crippen LogP contribution in [0.2, 0.25) is 0 Å². The third-order valence-corrected chi connectivity index (χ3v) is 2.59. The highest BCUT2D eigenvalue weighted by Crippen LogP contribution is 2.13. The molecule has 1 aliphatic heterocycles. The van der Waals surface area contributed by atoms with Crippen LogP contribution in [-0.4, -0.2) is 30.1 Å². The van der Waals surface area contributed by atoms with Gasteiger partial charge in [0.1, 0.15) is 0 Å². The van der Waals surface area contributed by atoms with Crippen LogP contribution in [-0.2, 0) is 0 Å². The van der Waals surface area contributed by atoms with Crippen molar-refractivity contribution in [3.63, 3.8) is 0 Å². The van der Waals surface area contributed by atoms with Gasteiger partial charge >= 0.3 is 0 Å². The van der Waals surface area contributed by atoms with Crippen molar-refractivity contribution in [2.75, 3.05) is 13.1 Å². The van der Waals surface area contributed by atoms with E-state index in [1.54, 1.807) is 0 Å². The van der Waals surface area contributed by atoms with Crippen LogP contribution in [0, 0.1) is 0 Å². The summed E-state index contributed by atoms with van der Waals surface area (Å²) in [6.45, 7) is 6.87. The van der Waals surface area contributed by atoms with Crippen LogP contribution < -0.4 is 5.73 Å². The van der Waals surface area contributed by atoms with Crippen LogP contribution in [0.4, 0.5) is 0 Å². The van der Waals surface area contributed by atoms with Crippen molar-refractivity contribution in [1.82, 2.24) is 4.90 Å². The smallest absolute Gasteiger partial charge is 0.0180 e. The van der Waals surface area contributed by atoms with E-state index in [9.17, 15) is 0 Å². The quantitative estimate of drug-likeness (QED) is 0.665. The molecule has 0 aromatic rings. The molecule has 0 bridgehead atoms. The molecule has 2 N–H and O–H groups in total. The molecular formula is C9H20N2. The third-order valence-electron chi connectivity index (χ3n) is 2.59. The van der Waals surface area contributed by atoms with Gasteiger partial charge in [-0.1, -0.05) is 13.3 Å². The topological polar surface area (TPSA) is 29.3 Å². The molecular weight excluding hydrogens is 136 g/mol. The molecule has 1 heterocycles. The Balaban J connectivity index is 2.25. The first-order valence-electron chi connectivity index (χ1n) is 4.73. The molecule has 1 fully saturated rings. The van der Waals surface area contributed by atoms with E-state index in [4.69, 9.17) is 5.73 Å². The van der Waals surface area contributed by atoms with Gasteiger partial charge < -0.3 is 5.73 Å². The molecule has 0 saturated carbocycles. The molecule has 2 atom stereocenters. The molecule has 0 aliphatic carbocycles. The van der Waals surface area contributed by atoms with Gasteiger partial charge in [-0.25, -0.2) is 0 Å². The Kier molecular flexibility index (Phi) is 3.34. The lowest BCUT2D eigenvalue weighted by Crippen LogP contribution is -2.33. The van der Waals surface area contributed by atoms with Gasteiger partial charge in [0, 0.05) is 18.6 Å². The molecule has 0 spiro atoms. The Bertz CT molecular complexity index is 114. The molecule has 11 heavy (non-hydrogen) atoms. The van der Waals surface area contributed by atoms with E-state index in [0.29, 0.717) is 6.04 Å². The number of likely N-dealkylation sites (tertiary alicyclic amines) is 1. The molecule has 0 aromatic heterocycles. The van der Waals surface area contributed by atoms with Crippen molar-refractivity contribution in [2.24, 2.45) is 5.73 Å². The summed E-state index contributed by atoms with van der Waals surface area (Å²) < 4.78 is 0. The molecule has 0 amide bonds. The monoisotopic (exact) mass is 156 g/mol. The summed E-state index contributed by atoms with van der Waals surface area (Å²) in [6.07, 6.45) is 3.79. The van der Waals surface area contributed by atoms with Gasteiger partial charge in [-0.3, -0.25) is 4.90 Å². The first-order valence-corrected chi connectivity index (χ1v) is 4.73. The van der Waals surface area contributed by atoms with Crippen molar-refractivity contribution < 1.29 is 0 Å². The van der Waals surface area contributed by atoms with Crippen LogP contribution in [0.25, 0.3) is 0 Å². The number of nitrogens with two attached hydrogens (primary N) is 1. The largest absolute Gasteiger partial charge is 0.326 e. The first kappa shape index (κ1) is 9.01. The van der Waals surface area contributed by atoms with Crippen molar-refractivity contribution >= 4 is 0 Å². The second-order valence-corrected chi connectivity index (χ2v) is 3.68. The van der Waals surface area contributed by atoms with E-state index in [2.05, 4.69) is 18.7 Å². The number of hydrogen-bond acceptors (Lipinski definition) is 2. The maximum absolute atomic E-state index is 5.82. The van der Waals surface area contributed by atoms with Gasteiger partial charge in [-0.2, -0.15) is 0 Å². The zero-order valence-electron chi connectivity index (χ0n) is 7.71. The zero-order chi connectivity index (χ0) is 8.27. The molecule has 2 nitrogen and oxygen atoms in total. The lowest BCUT2D eigenvalue weighted by molar-refractivity contribution is 0.243. The van der Waals surface area contributed by atoms with Gasteiger partial charge in [0.05, 0.1) is 0 Å². The summed E-state index contributed by atoms with van der Waals surface area (Å²) in [7, 11) is 0. The summed E-state index contributed by atoms with van der Waals surface area (Å²) in [6, 6.07) is 1.18. The minimum absolute atomic E-state index is 0.439. The highest BCUT2D eigenvalue weighted by atomic mass is 15.2. The predicted molar refractivity (Wildman–Crippen MR) is 48.5 cm³/mol. The summed E-state index contributed by atoms with van der Waals surface area (Å²) in [4.78, 5) is 2.51. The average Bonchev–Trinajstić information content (AvgIpc) is 2.36. The third kappa shape index (κ3) is 2.46. The Labute approximate surface area is 69.8 Å². The van der Waals surface area contributed by atoms with E-state index < -0.39 is 0 Å². The Morgan fingerprint density at radius 3 is 2.82 bits per heavy atom. The summed E-state index contributed by atoms with van der Waals surface area (Å²) in [5.41, 5.74) is 5.82. The van der Waals surface area contributed by atoms with Crippen LogP contribution in [0.1, 0.15) is 33.1 Å². The highest BCUT2D eigenvalue weighted by Gasteiger charge is 2.22. The molecule has 1 saturated heterocycles. The number of rotatable bonds is 3. The number of hydrogen-bond donors (Lipinski definition) is 1. The minimum atomic E-state index is 0.439. The van der Waals surface area contributed by atoms with Gasteiger partial charge in [0.15, 0.2) is 0 Å². The lowest BCUT2D eigenvalue weighted by Gasteiger charge is -2.23. The summed E-state index contributed by atoms with van der Waals surface area (Å²) in [5, 5.41) is 0. The van der Waals surface area contributed by atoms with E-state index in [0.717, 1.165) is 12.6 Å². The highest BCUT2D eigenvalue weighted by molar-refractivity contribution is 4.81. The maximum atomic E-state index is 5.82. The average molecular weight is 156 g/mol. The van der Waals surface area contributed by atoms with Crippen LogP contribution in [0.15, 0.2) is 0 Å². The molecule has 1 rings (SSSR count). The van der Waals surface area contributed by atoms with Gasteiger partial charge in [0.25, 0.3) is 0 Å². The maximum Gasteiger partial charge on any atom is 0.0180 e. The van der Waals surface area contributed by atoms with Gasteiger partial charge in [0.2, 0.25) is 0 Å². The molecule has 2 heteroatoms. The van der Waals surface area contributed by atoms with Crippen molar-refractivity contribution in [2.45, 2.75) is 45.2 Å². The van der Waals surface area contributed by atoms with Gasteiger partial charge in [-0.05, 0) is 26.3 Å². The Morgan fingerprint density at radius 1 is 1.64 bits per heavy atom. The van der Waals surface area contributed by atoms with Crippen molar-refractivity contribution in [3.8, 4) is 0 Å². The fourth-order valence-corrected chi connectivity index (χ4v) is 1.82. The van der Waals surface area contributed by atoms with E-state index in [1.807, 2.05) is 0 Å². The summed E-state index contributed by atoms with van der Waals surface area (Å²) in [5.74, 6) is 0. The van der Waals surface area contributed by atoms with Gasteiger partial charge in [-0.15, -0.1) is 0 Å². The molecule has 0 aromatic carbocycles. The van der Waals surface area contributed by atoms with E-state index in [-0.39, 0.29) is 0 Å². The zero-order valence-corrected chi connectivity index (χ0v) is 7.71. The summed E-state index contributed by atoms with van der Waals surface area (Å²) >= 11 is 0. The molecule has 1 aliphatic rings. The normalized spacial score (nSPS) is 29.2. The van der Waals surface area contributed by atoms with Crippen LogP contribution >= 0.6 is 0 Å². The second-order valence-electron chi connectivity index (χ2n) is 3.68. The lowest BCUT2D eigenvalue weighted by atomic mass is 10.2. The standard InChI is InChI=1S/C9H20N2/c1-3-4-8(2)11-6-5-9(10)7-11/h8-9H,3-7,10H2,1-2H3/t8?,9-/m1/s1. The first-order chi connectivity index (χ1) is 5.24.